The highest BCUT2D eigenvalue weighted by Gasteiger charge is 2.24. The largest absolute Gasteiger partial charge is 0.465 e. The van der Waals surface area contributed by atoms with E-state index in [1.54, 1.807) is 24.3 Å². The SMILES string of the molecule is COC(=O)c1ccccc1C(=O)OCCOCCOC(=O)c1ccccc1C(=O)OCCOCCOC(=O)c1ccccc1C(=O)OCCOCCOC(=O)c1ccccc1C(=O)OCCOCCOC(=O)c1ccccc1C(=O)OCCOCCO. The molecule has 0 saturated carbocycles. The van der Waals surface area contributed by atoms with Crippen molar-refractivity contribution in [1.82, 2.24) is 0 Å². The first-order chi connectivity index (χ1) is 42.4. The van der Waals surface area contributed by atoms with E-state index in [0.717, 1.165) is 0 Å². The summed E-state index contributed by atoms with van der Waals surface area (Å²) in [5, 5.41) is 8.77. The molecule has 0 saturated heterocycles. The number of benzene rings is 5. The molecule has 5 rings (SSSR count). The van der Waals surface area contributed by atoms with E-state index in [1.807, 2.05) is 0 Å². The summed E-state index contributed by atoms with van der Waals surface area (Å²) in [4.78, 5) is 127. The second-order valence-corrected chi connectivity index (χ2v) is 17.2. The van der Waals surface area contributed by atoms with E-state index in [2.05, 4.69) is 4.74 Å². The van der Waals surface area contributed by atoms with Crippen LogP contribution in [0.2, 0.25) is 0 Å². The number of carbonyl (C=O) groups excluding carboxylic acids is 10. The van der Waals surface area contributed by atoms with Crippen LogP contribution in [0.3, 0.4) is 0 Å². The Morgan fingerprint density at radius 1 is 0.230 bits per heavy atom. The normalized spacial score (nSPS) is 10.6. The Hall–Kier alpha value is -9.44. The minimum atomic E-state index is -0.843. The molecule has 87 heavy (non-hydrogen) atoms. The number of esters is 10. The Morgan fingerprint density at radius 3 is 0.506 bits per heavy atom. The molecule has 0 radical (unpaired) electrons. The van der Waals surface area contributed by atoms with Crippen LogP contribution in [0, 0.1) is 0 Å². The van der Waals surface area contributed by atoms with Crippen LogP contribution >= 0.6 is 0 Å². The van der Waals surface area contributed by atoms with Crippen LogP contribution in [0.4, 0.5) is 0 Å². The molecule has 0 aliphatic rings. The summed E-state index contributed by atoms with van der Waals surface area (Å²) in [7, 11) is 1.19. The third-order valence-corrected chi connectivity index (χ3v) is 11.4. The first kappa shape index (κ1) is 68.3. The van der Waals surface area contributed by atoms with Crippen LogP contribution in [-0.4, -0.2) is 204 Å². The molecule has 0 atom stereocenters. The predicted octanol–water partition coefficient (Wildman–Crippen LogP) is 4.76. The number of methoxy groups -OCH3 is 1. The van der Waals surface area contributed by atoms with Gasteiger partial charge in [-0.05, 0) is 60.7 Å². The second kappa shape index (κ2) is 39.2. The summed E-state index contributed by atoms with van der Waals surface area (Å²) in [6.45, 7) is -2.39. The van der Waals surface area contributed by atoms with Crippen LogP contribution in [0.25, 0.3) is 0 Å². The quantitative estimate of drug-likeness (QED) is 0.0315. The van der Waals surface area contributed by atoms with E-state index in [4.69, 9.17) is 71.4 Å². The Morgan fingerprint density at radius 2 is 0.368 bits per heavy atom. The molecule has 0 aliphatic carbocycles. The van der Waals surface area contributed by atoms with Crippen LogP contribution in [0.1, 0.15) is 104 Å². The van der Waals surface area contributed by atoms with Crippen LogP contribution < -0.4 is 0 Å². The molecule has 0 unspecified atom stereocenters. The lowest BCUT2D eigenvalue weighted by molar-refractivity contribution is 0.0116. The molecule has 26 nitrogen and oxygen atoms in total. The number of aliphatic hydroxyl groups is 1. The second-order valence-electron chi connectivity index (χ2n) is 17.2. The number of carbonyl (C=O) groups is 10. The Bertz CT molecular complexity index is 3080. The third-order valence-electron chi connectivity index (χ3n) is 11.4. The van der Waals surface area contributed by atoms with Gasteiger partial charge >= 0.3 is 59.7 Å². The van der Waals surface area contributed by atoms with Crippen molar-refractivity contribution in [3.8, 4) is 0 Å². The van der Waals surface area contributed by atoms with E-state index < -0.39 is 59.7 Å². The molecule has 0 fully saturated rings. The number of aliphatic hydroxyl groups excluding tert-OH is 1. The minimum absolute atomic E-state index is 0.00544. The highest BCUT2D eigenvalue weighted by atomic mass is 16.6. The fourth-order valence-electron chi connectivity index (χ4n) is 7.32. The average molecular weight is 1210 g/mol. The van der Waals surface area contributed by atoms with Crippen molar-refractivity contribution < 1.29 is 124 Å². The average Bonchev–Trinajstić information content (AvgIpc) is 3.63. The van der Waals surface area contributed by atoms with Gasteiger partial charge in [0.1, 0.15) is 59.5 Å². The number of hydrogen-bond donors (Lipinski definition) is 1. The van der Waals surface area contributed by atoms with E-state index in [1.165, 1.54) is 104 Å². The maximum Gasteiger partial charge on any atom is 0.339 e. The number of hydrogen-bond acceptors (Lipinski definition) is 26. The zero-order chi connectivity index (χ0) is 62.4. The lowest BCUT2D eigenvalue weighted by Gasteiger charge is -2.12. The van der Waals surface area contributed by atoms with Gasteiger partial charge in [-0.15, -0.1) is 0 Å². The molecular formula is C61H64O26. The predicted molar refractivity (Wildman–Crippen MR) is 297 cm³/mol. The molecule has 1 N–H and O–H groups in total. The van der Waals surface area contributed by atoms with Crippen molar-refractivity contribution in [1.29, 1.82) is 0 Å². The highest BCUT2D eigenvalue weighted by molar-refractivity contribution is 6.06. The van der Waals surface area contributed by atoms with Gasteiger partial charge in [-0.25, -0.2) is 47.9 Å². The number of ether oxygens (including phenoxy) is 15. The molecular weight excluding hydrogens is 1150 g/mol. The summed E-state index contributed by atoms with van der Waals surface area (Å²) >= 11 is 0. The van der Waals surface area contributed by atoms with Crippen molar-refractivity contribution >= 4 is 59.7 Å². The molecule has 0 bridgehead atoms. The van der Waals surface area contributed by atoms with Crippen LogP contribution in [0.15, 0.2) is 121 Å². The van der Waals surface area contributed by atoms with E-state index in [-0.39, 0.29) is 188 Å². The van der Waals surface area contributed by atoms with Gasteiger partial charge in [-0.2, -0.15) is 0 Å². The summed E-state index contributed by atoms with van der Waals surface area (Å²) in [6.07, 6.45) is 0. The summed E-state index contributed by atoms with van der Waals surface area (Å²) in [5.74, 6) is -7.97. The molecule has 0 aliphatic heterocycles. The van der Waals surface area contributed by atoms with Gasteiger partial charge in [0, 0.05) is 0 Å². The fourth-order valence-corrected chi connectivity index (χ4v) is 7.32. The standard InChI is InChI=1S/C61H64O26/c1-73-52(63)42-12-2-3-13-43(42)53(64)80-34-25-75-26-35-82-56(67)46-16-6-7-17-47(46)57(68)84-38-29-77-30-39-86-60(71)50-20-10-11-21-51(50)61(72)87-41-32-78-31-40-85-59(70)49-19-9-8-18-48(49)58(69)83-37-28-76-27-36-81-55(66)45-15-5-4-14-44(45)54(65)79-33-24-74-23-22-62/h2-21,62H,22-41H2,1H3. The molecule has 5 aromatic carbocycles. The van der Waals surface area contributed by atoms with Gasteiger partial charge < -0.3 is 76.2 Å². The first-order valence-electron chi connectivity index (χ1n) is 26.9. The van der Waals surface area contributed by atoms with Gasteiger partial charge in [-0.3, -0.25) is 0 Å². The van der Waals surface area contributed by atoms with Crippen molar-refractivity contribution in [2.24, 2.45) is 0 Å². The van der Waals surface area contributed by atoms with E-state index in [0.29, 0.717) is 0 Å². The molecule has 0 aromatic heterocycles. The summed E-state index contributed by atoms with van der Waals surface area (Å²) in [5.41, 5.74) is -0.362. The maximum absolute atomic E-state index is 12.9. The van der Waals surface area contributed by atoms with Crippen molar-refractivity contribution in [2.75, 3.05) is 139 Å². The maximum atomic E-state index is 12.9. The van der Waals surface area contributed by atoms with E-state index >= 15 is 0 Å². The molecule has 26 heteroatoms. The first-order valence-corrected chi connectivity index (χ1v) is 26.9. The fraction of sp³-hybridized carbons (Fsp3) is 0.344. The smallest absolute Gasteiger partial charge is 0.339 e. The lowest BCUT2D eigenvalue weighted by atomic mass is 10.1. The van der Waals surface area contributed by atoms with Gasteiger partial charge in [-0.1, -0.05) is 60.7 Å². The Kier molecular flexibility index (Phi) is 30.8. The Balaban J connectivity index is 0.894. The third kappa shape index (κ3) is 23.5. The van der Waals surface area contributed by atoms with Gasteiger partial charge in [0.2, 0.25) is 0 Å². The minimum Gasteiger partial charge on any atom is -0.465 e. The van der Waals surface area contributed by atoms with Crippen molar-refractivity contribution in [3.05, 3.63) is 177 Å². The van der Waals surface area contributed by atoms with Crippen LogP contribution in [0.5, 0.6) is 0 Å². The van der Waals surface area contributed by atoms with Crippen molar-refractivity contribution in [2.45, 2.75) is 0 Å². The van der Waals surface area contributed by atoms with Gasteiger partial charge in [0.15, 0.2) is 0 Å². The Labute approximate surface area is 498 Å². The zero-order valence-electron chi connectivity index (χ0n) is 47.3. The monoisotopic (exact) mass is 1210 g/mol. The number of rotatable bonds is 39. The molecule has 0 amide bonds. The molecule has 0 heterocycles. The lowest BCUT2D eigenvalue weighted by Crippen LogP contribution is -2.19. The molecule has 0 spiro atoms. The van der Waals surface area contributed by atoms with Crippen LogP contribution in [-0.2, 0) is 71.1 Å². The summed E-state index contributed by atoms with van der Waals surface area (Å²) in [6, 6.07) is 29.4. The van der Waals surface area contributed by atoms with Gasteiger partial charge in [0.25, 0.3) is 0 Å². The molecule has 464 valence electrons. The van der Waals surface area contributed by atoms with E-state index in [9.17, 15) is 47.9 Å². The summed E-state index contributed by atoms with van der Waals surface area (Å²) < 4.78 is 78.4. The topological polar surface area (TPSA) is 329 Å². The molecule has 5 aromatic rings. The highest BCUT2D eigenvalue weighted by Crippen LogP contribution is 2.17. The van der Waals surface area contributed by atoms with Crippen molar-refractivity contribution in [3.63, 3.8) is 0 Å². The zero-order valence-corrected chi connectivity index (χ0v) is 47.3. The van der Waals surface area contributed by atoms with Gasteiger partial charge in [0.05, 0.1) is 135 Å².